The van der Waals surface area contributed by atoms with E-state index in [1.165, 1.54) is 12.3 Å². The molecule has 0 aliphatic heterocycles. The number of aromatic nitrogens is 1. The van der Waals surface area contributed by atoms with Crippen LogP contribution >= 0.6 is 12.4 Å². The van der Waals surface area contributed by atoms with E-state index in [9.17, 15) is 4.39 Å². The van der Waals surface area contributed by atoms with Crippen LogP contribution in [-0.2, 0) is 0 Å². The SMILES string of the molecule is Cl.N=C(N)c1ccc(F)nc1. The zero-order valence-corrected chi connectivity index (χ0v) is 6.36. The van der Waals surface area contributed by atoms with Gasteiger partial charge < -0.3 is 5.73 Å². The summed E-state index contributed by atoms with van der Waals surface area (Å²) in [5, 5.41) is 6.92. The minimum Gasteiger partial charge on any atom is -0.384 e. The lowest BCUT2D eigenvalue weighted by Crippen LogP contribution is -2.11. The molecule has 1 aromatic heterocycles. The number of hydrogen-bond donors (Lipinski definition) is 2. The summed E-state index contributed by atoms with van der Waals surface area (Å²) in [5.74, 6) is -0.669. The number of pyridine rings is 1. The topological polar surface area (TPSA) is 62.8 Å². The van der Waals surface area contributed by atoms with Crippen molar-refractivity contribution in [3.8, 4) is 0 Å². The van der Waals surface area contributed by atoms with Crippen LogP contribution in [0.15, 0.2) is 18.3 Å². The monoisotopic (exact) mass is 175 g/mol. The quantitative estimate of drug-likeness (QED) is 0.379. The molecule has 0 radical (unpaired) electrons. The van der Waals surface area contributed by atoms with Crippen LogP contribution in [0, 0.1) is 11.4 Å². The third kappa shape index (κ3) is 2.51. The summed E-state index contributed by atoms with van der Waals surface area (Å²) in [5.41, 5.74) is 5.52. The Morgan fingerprint density at radius 2 is 2.18 bits per heavy atom. The Kier molecular flexibility index (Phi) is 3.47. The molecule has 0 amide bonds. The van der Waals surface area contributed by atoms with Gasteiger partial charge in [0.1, 0.15) is 5.84 Å². The standard InChI is InChI=1S/C6H6FN3.ClH/c7-5-2-1-4(3-10-5)6(8)9;/h1-3H,(H3,8,9);1H. The molecular formula is C6H7ClFN3. The second-order valence-corrected chi connectivity index (χ2v) is 1.78. The van der Waals surface area contributed by atoms with Gasteiger partial charge in [-0.25, -0.2) is 4.98 Å². The Bertz CT molecular complexity index is 247. The van der Waals surface area contributed by atoms with Crippen molar-refractivity contribution in [2.75, 3.05) is 0 Å². The molecule has 0 atom stereocenters. The van der Waals surface area contributed by atoms with Crippen LogP contribution < -0.4 is 5.73 Å². The van der Waals surface area contributed by atoms with Crippen LogP contribution in [0.25, 0.3) is 0 Å². The molecule has 0 saturated carbocycles. The minimum atomic E-state index is -0.565. The van der Waals surface area contributed by atoms with Gasteiger partial charge >= 0.3 is 0 Å². The summed E-state index contributed by atoms with van der Waals surface area (Å²) in [4.78, 5) is 3.31. The molecule has 5 heteroatoms. The number of nitrogen functional groups attached to an aromatic ring is 1. The fourth-order valence-electron chi connectivity index (χ4n) is 0.535. The zero-order chi connectivity index (χ0) is 7.56. The van der Waals surface area contributed by atoms with E-state index in [2.05, 4.69) is 4.98 Å². The van der Waals surface area contributed by atoms with Gasteiger partial charge in [0.15, 0.2) is 0 Å². The Balaban J connectivity index is 0.000001000. The van der Waals surface area contributed by atoms with Gasteiger partial charge in [-0.1, -0.05) is 0 Å². The highest BCUT2D eigenvalue weighted by molar-refractivity contribution is 5.94. The van der Waals surface area contributed by atoms with Crippen molar-refractivity contribution in [1.82, 2.24) is 4.98 Å². The fourth-order valence-corrected chi connectivity index (χ4v) is 0.535. The lowest BCUT2D eigenvalue weighted by Gasteiger charge is -1.93. The molecular weight excluding hydrogens is 169 g/mol. The van der Waals surface area contributed by atoms with Crippen molar-refractivity contribution < 1.29 is 4.39 Å². The first-order valence-corrected chi connectivity index (χ1v) is 2.66. The zero-order valence-electron chi connectivity index (χ0n) is 5.54. The Hall–Kier alpha value is -1.16. The summed E-state index contributed by atoms with van der Waals surface area (Å²) >= 11 is 0. The third-order valence-electron chi connectivity index (χ3n) is 1.04. The second kappa shape index (κ2) is 3.88. The summed E-state index contributed by atoms with van der Waals surface area (Å²) in [7, 11) is 0. The first-order chi connectivity index (χ1) is 4.70. The molecule has 1 aromatic rings. The van der Waals surface area contributed by atoms with Crippen LogP contribution in [0.1, 0.15) is 5.56 Å². The molecule has 0 unspecified atom stereocenters. The molecule has 60 valence electrons. The number of rotatable bonds is 1. The van der Waals surface area contributed by atoms with Crippen molar-refractivity contribution in [2.24, 2.45) is 5.73 Å². The van der Waals surface area contributed by atoms with Crippen molar-refractivity contribution in [3.05, 3.63) is 29.8 Å². The maximum atomic E-state index is 12.1. The fraction of sp³-hybridized carbons (Fsp3) is 0. The number of nitrogens with one attached hydrogen (secondary N) is 1. The summed E-state index contributed by atoms with van der Waals surface area (Å²) in [6.45, 7) is 0. The van der Waals surface area contributed by atoms with E-state index < -0.39 is 5.95 Å². The molecule has 0 aliphatic carbocycles. The van der Waals surface area contributed by atoms with Gasteiger partial charge in [0, 0.05) is 11.8 Å². The molecule has 1 heterocycles. The Morgan fingerprint density at radius 1 is 1.55 bits per heavy atom. The average Bonchev–Trinajstić information content (AvgIpc) is 1.88. The molecule has 1 rings (SSSR count). The molecule has 3 N–H and O–H groups in total. The van der Waals surface area contributed by atoms with Gasteiger partial charge in [0.2, 0.25) is 5.95 Å². The van der Waals surface area contributed by atoms with Crippen LogP contribution in [0.2, 0.25) is 0 Å². The highest BCUT2D eigenvalue weighted by atomic mass is 35.5. The van der Waals surface area contributed by atoms with E-state index in [4.69, 9.17) is 11.1 Å². The Morgan fingerprint density at radius 3 is 2.55 bits per heavy atom. The summed E-state index contributed by atoms with van der Waals surface area (Å²) in [6.07, 6.45) is 1.22. The van der Waals surface area contributed by atoms with E-state index in [0.717, 1.165) is 6.07 Å². The van der Waals surface area contributed by atoms with E-state index in [0.29, 0.717) is 5.56 Å². The highest BCUT2D eigenvalue weighted by Gasteiger charge is 1.95. The van der Waals surface area contributed by atoms with E-state index in [-0.39, 0.29) is 18.2 Å². The first kappa shape index (κ1) is 9.84. The maximum Gasteiger partial charge on any atom is 0.212 e. The second-order valence-electron chi connectivity index (χ2n) is 1.78. The predicted molar refractivity (Wildman–Crippen MR) is 42.5 cm³/mol. The van der Waals surface area contributed by atoms with Gasteiger partial charge in [-0.2, -0.15) is 4.39 Å². The maximum absolute atomic E-state index is 12.1. The van der Waals surface area contributed by atoms with E-state index in [1.807, 2.05) is 0 Å². The molecule has 0 saturated heterocycles. The highest BCUT2D eigenvalue weighted by Crippen LogP contribution is 1.96. The van der Waals surface area contributed by atoms with Crippen LogP contribution in [0.3, 0.4) is 0 Å². The largest absolute Gasteiger partial charge is 0.384 e. The normalized spacial score (nSPS) is 8.45. The molecule has 11 heavy (non-hydrogen) atoms. The minimum absolute atomic E-state index is 0. The first-order valence-electron chi connectivity index (χ1n) is 2.66. The smallest absolute Gasteiger partial charge is 0.212 e. The lowest BCUT2D eigenvalue weighted by molar-refractivity contribution is 0.583. The molecule has 0 fully saturated rings. The molecule has 0 aliphatic rings. The van der Waals surface area contributed by atoms with Crippen molar-refractivity contribution in [2.45, 2.75) is 0 Å². The van der Waals surface area contributed by atoms with Gasteiger partial charge in [-0.3, -0.25) is 5.41 Å². The van der Waals surface area contributed by atoms with Crippen LogP contribution in [-0.4, -0.2) is 10.8 Å². The molecule has 0 bridgehead atoms. The third-order valence-corrected chi connectivity index (χ3v) is 1.04. The van der Waals surface area contributed by atoms with Crippen molar-refractivity contribution in [3.63, 3.8) is 0 Å². The summed E-state index contributed by atoms with van der Waals surface area (Å²) < 4.78 is 12.1. The van der Waals surface area contributed by atoms with Crippen LogP contribution in [0.4, 0.5) is 4.39 Å². The van der Waals surface area contributed by atoms with Crippen LogP contribution in [0.5, 0.6) is 0 Å². The van der Waals surface area contributed by atoms with Crippen molar-refractivity contribution >= 4 is 18.2 Å². The molecule has 0 aromatic carbocycles. The Labute approximate surface area is 69.4 Å². The number of halogens is 2. The number of hydrogen-bond acceptors (Lipinski definition) is 2. The van der Waals surface area contributed by atoms with Gasteiger partial charge in [0.25, 0.3) is 0 Å². The number of amidine groups is 1. The molecule has 3 nitrogen and oxygen atoms in total. The van der Waals surface area contributed by atoms with Crippen molar-refractivity contribution in [1.29, 1.82) is 5.41 Å². The lowest BCUT2D eigenvalue weighted by atomic mass is 10.3. The van der Waals surface area contributed by atoms with E-state index >= 15 is 0 Å². The average molecular weight is 176 g/mol. The number of nitrogens with zero attached hydrogens (tertiary/aromatic N) is 1. The molecule has 0 spiro atoms. The van der Waals surface area contributed by atoms with E-state index in [1.54, 1.807) is 0 Å². The van der Waals surface area contributed by atoms with Gasteiger partial charge in [0.05, 0.1) is 0 Å². The van der Waals surface area contributed by atoms with Gasteiger partial charge in [-0.15, -0.1) is 12.4 Å². The van der Waals surface area contributed by atoms with Gasteiger partial charge in [-0.05, 0) is 12.1 Å². The predicted octanol–water partition coefficient (Wildman–Crippen LogP) is 0.927. The summed E-state index contributed by atoms with van der Waals surface area (Å²) in [6, 6.07) is 2.57. The number of nitrogens with two attached hydrogens (primary N) is 1.